The van der Waals surface area contributed by atoms with Gasteiger partial charge in [-0.1, -0.05) is 17.9 Å². The quantitative estimate of drug-likeness (QED) is 0.825. The number of rotatable bonds is 5. The summed E-state index contributed by atoms with van der Waals surface area (Å²) >= 11 is 0. The molecule has 0 fully saturated rings. The first-order chi connectivity index (χ1) is 13.1. The summed E-state index contributed by atoms with van der Waals surface area (Å²) in [6, 6.07) is 11.3. The lowest BCUT2D eigenvalue weighted by molar-refractivity contribution is 0.210. The van der Waals surface area contributed by atoms with Crippen LogP contribution in [0.1, 0.15) is 12.5 Å². The van der Waals surface area contributed by atoms with Gasteiger partial charge < -0.3 is 19.9 Å². The van der Waals surface area contributed by atoms with Crippen LogP contribution in [0.5, 0.6) is 5.75 Å². The molecule has 0 saturated carbocycles. The van der Waals surface area contributed by atoms with Gasteiger partial charge in [-0.25, -0.2) is 4.79 Å². The van der Waals surface area contributed by atoms with E-state index >= 15 is 0 Å². The van der Waals surface area contributed by atoms with Gasteiger partial charge in [0.15, 0.2) is 0 Å². The molecule has 0 radical (unpaired) electrons. The molecule has 138 valence electrons. The number of benzene rings is 1. The van der Waals surface area contributed by atoms with E-state index in [2.05, 4.69) is 16.0 Å². The van der Waals surface area contributed by atoms with Crippen molar-refractivity contribution in [2.24, 2.45) is 0 Å². The summed E-state index contributed by atoms with van der Waals surface area (Å²) in [6.07, 6.45) is 7.10. The summed E-state index contributed by atoms with van der Waals surface area (Å²) in [5, 5.41) is 2.92. The molecule has 2 heterocycles. The summed E-state index contributed by atoms with van der Waals surface area (Å²) in [5.74, 6) is 0.771. The van der Waals surface area contributed by atoms with Crippen LogP contribution in [0.3, 0.4) is 0 Å². The first-order valence-electron chi connectivity index (χ1n) is 8.56. The summed E-state index contributed by atoms with van der Waals surface area (Å²) in [7, 11) is 3.38. The van der Waals surface area contributed by atoms with Gasteiger partial charge in [-0.15, -0.1) is 0 Å². The predicted octanol–water partition coefficient (Wildman–Crippen LogP) is 3.65. The molecule has 6 nitrogen and oxygen atoms in total. The van der Waals surface area contributed by atoms with Crippen LogP contribution in [0.15, 0.2) is 78.2 Å². The molecule has 0 aliphatic carbocycles. The van der Waals surface area contributed by atoms with Crippen LogP contribution in [0.2, 0.25) is 0 Å². The van der Waals surface area contributed by atoms with E-state index in [-0.39, 0.29) is 6.03 Å². The van der Waals surface area contributed by atoms with Crippen LogP contribution >= 0.6 is 0 Å². The summed E-state index contributed by atoms with van der Waals surface area (Å²) in [5.41, 5.74) is 6.72. The number of methoxy groups -OCH3 is 1. The number of pyridine rings is 1. The van der Waals surface area contributed by atoms with Gasteiger partial charge in [0.05, 0.1) is 18.5 Å². The molecule has 1 N–H and O–H groups in total. The summed E-state index contributed by atoms with van der Waals surface area (Å²) < 4.78 is 5.23. The van der Waals surface area contributed by atoms with Gasteiger partial charge in [0, 0.05) is 43.9 Å². The van der Waals surface area contributed by atoms with Gasteiger partial charge in [0.2, 0.25) is 0 Å². The fourth-order valence-corrected chi connectivity index (χ4v) is 2.70. The molecular formula is C21H22N4O2. The second-order valence-corrected chi connectivity index (χ2v) is 6.17. The normalized spacial score (nSPS) is 12.9. The number of allylic oxidation sites excluding steroid dienone is 1. The second kappa shape index (κ2) is 8.25. The number of carbonyl (C=O) groups is 1. The first-order valence-corrected chi connectivity index (χ1v) is 8.56. The maximum Gasteiger partial charge on any atom is 0.321 e. The Morgan fingerprint density at radius 3 is 2.81 bits per heavy atom. The highest BCUT2D eigenvalue weighted by molar-refractivity contribution is 5.77. The second-order valence-electron chi connectivity index (χ2n) is 6.17. The van der Waals surface area contributed by atoms with E-state index in [9.17, 15) is 4.79 Å². The fourth-order valence-electron chi connectivity index (χ4n) is 2.70. The Balaban J connectivity index is 1.68. The minimum Gasteiger partial charge on any atom is -0.497 e. The third-order valence-electron chi connectivity index (χ3n) is 4.16. The highest BCUT2D eigenvalue weighted by atomic mass is 16.5. The number of amides is 2. The van der Waals surface area contributed by atoms with Crippen molar-refractivity contribution in [2.45, 2.75) is 13.5 Å². The van der Waals surface area contributed by atoms with Crippen molar-refractivity contribution in [3.8, 4) is 5.75 Å². The lowest BCUT2D eigenvalue weighted by atomic mass is 10.2. The van der Waals surface area contributed by atoms with Crippen molar-refractivity contribution in [3.63, 3.8) is 0 Å². The molecule has 1 aliphatic heterocycles. The zero-order valence-electron chi connectivity index (χ0n) is 15.6. The summed E-state index contributed by atoms with van der Waals surface area (Å²) in [4.78, 5) is 20.2. The zero-order chi connectivity index (χ0) is 19.2. The van der Waals surface area contributed by atoms with Crippen molar-refractivity contribution in [1.29, 1.82) is 0 Å². The van der Waals surface area contributed by atoms with Crippen LogP contribution in [-0.4, -0.2) is 30.1 Å². The fraction of sp³-hybridized carbons (Fsp3) is 0.190. The minimum atomic E-state index is -0.198. The number of urea groups is 1. The molecular weight excluding hydrogens is 340 g/mol. The minimum absolute atomic E-state index is 0.198. The van der Waals surface area contributed by atoms with E-state index in [0.29, 0.717) is 12.2 Å². The smallest absolute Gasteiger partial charge is 0.321 e. The number of carbonyl (C=O) groups excluding carboxylic acids is 1. The molecule has 1 aromatic heterocycles. The van der Waals surface area contributed by atoms with Gasteiger partial charge >= 0.3 is 6.03 Å². The average Bonchev–Trinajstić information content (AvgIpc) is 2.70. The van der Waals surface area contributed by atoms with E-state index in [1.807, 2.05) is 54.4 Å². The third-order valence-corrected chi connectivity index (χ3v) is 4.16. The highest BCUT2D eigenvalue weighted by Crippen LogP contribution is 2.21. The molecule has 0 atom stereocenters. The maximum atomic E-state index is 12.6. The van der Waals surface area contributed by atoms with Crippen LogP contribution in [0.4, 0.5) is 10.5 Å². The number of nitrogens with one attached hydrogen (secondary N) is 1. The first kappa shape index (κ1) is 18.3. The Hall–Kier alpha value is -3.50. The van der Waals surface area contributed by atoms with E-state index in [1.165, 1.54) is 0 Å². The van der Waals surface area contributed by atoms with Crippen molar-refractivity contribution >= 4 is 11.7 Å². The zero-order valence-corrected chi connectivity index (χ0v) is 15.6. The lowest BCUT2D eigenvalue weighted by Gasteiger charge is -2.24. The standard InChI is InChI=1S/C21H22N4O2/c1-16-7-8-18(15-25(16)19-9-11-22-12-10-19)23-21(26)24(2)14-17-5-4-6-20(13-17)27-3/h4-6,8-13,15H,14H2,1-3H3,(H,23,26). The monoisotopic (exact) mass is 362 g/mol. The number of nitrogens with zero attached hydrogens (tertiary/aromatic N) is 3. The van der Waals surface area contributed by atoms with Crippen molar-refractivity contribution in [3.05, 3.63) is 83.8 Å². The molecule has 0 bridgehead atoms. The molecule has 1 aliphatic rings. The molecule has 1 aromatic carbocycles. The Labute approximate surface area is 159 Å². The van der Waals surface area contributed by atoms with Gasteiger partial charge in [-0.05, 0) is 36.8 Å². The van der Waals surface area contributed by atoms with Gasteiger partial charge in [-0.2, -0.15) is 0 Å². The topological polar surface area (TPSA) is 57.7 Å². The Bertz CT molecular complexity index is 915. The molecule has 3 rings (SSSR count). The number of hydrogen-bond donors (Lipinski definition) is 1. The van der Waals surface area contributed by atoms with Gasteiger partial charge in [0.25, 0.3) is 0 Å². The van der Waals surface area contributed by atoms with Crippen LogP contribution in [0, 0.1) is 0 Å². The van der Waals surface area contributed by atoms with Crippen molar-refractivity contribution in [2.75, 3.05) is 19.1 Å². The molecule has 0 saturated heterocycles. The maximum absolute atomic E-state index is 12.6. The summed E-state index contributed by atoms with van der Waals surface area (Å²) in [6.45, 7) is 2.43. The van der Waals surface area contributed by atoms with E-state index in [0.717, 1.165) is 22.7 Å². The van der Waals surface area contributed by atoms with E-state index in [4.69, 9.17) is 4.74 Å². The van der Waals surface area contributed by atoms with E-state index in [1.54, 1.807) is 37.5 Å². The van der Waals surface area contributed by atoms with Gasteiger partial charge in [-0.3, -0.25) is 4.98 Å². The lowest BCUT2D eigenvalue weighted by Crippen LogP contribution is -2.37. The number of ether oxygens (including phenoxy) is 1. The van der Waals surface area contributed by atoms with Crippen LogP contribution in [-0.2, 0) is 6.54 Å². The Morgan fingerprint density at radius 1 is 1.30 bits per heavy atom. The van der Waals surface area contributed by atoms with Crippen molar-refractivity contribution in [1.82, 2.24) is 15.2 Å². The Kier molecular flexibility index (Phi) is 5.59. The number of aromatic nitrogens is 1. The molecule has 6 heteroatoms. The third kappa shape index (κ3) is 4.57. The van der Waals surface area contributed by atoms with Crippen molar-refractivity contribution < 1.29 is 9.53 Å². The predicted molar refractivity (Wildman–Crippen MR) is 105 cm³/mol. The Morgan fingerprint density at radius 2 is 2.07 bits per heavy atom. The number of hydrogen-bond acceptors (Lipinski definition) is 4. The molecule has 0 spiro atoms. The van der Waals surface area contributed by atoms with Crippen LogP contribution in [0.25, 0.3) is 0 Å². The molecule has 27 heavy (non-hydrogen) atoms. The largest absolute Gasteiger partial charge is 0.497 e. The van der Waals surface area contributed by atoms with E-state index < -0.39 is 0 Å². The van der Waals surface area contributed by atoms with Gasteiger partial charge in [0.1, 0.15) is 5.75 Å². The average molecular weight is 362 g/mol. The molecule has 2 amide bonds. The number of anilines is 1. The van der Waals surface area contributed by atoms with Crippen LogP contribution < -0.4 is 15.0 Å². The highest BCUT2D eigenvalue weighted by Gasteiger charge is 2.14. The SMILES string of the molecule is COc1cccc(CN(C)C(=O)NC2=CN(c3ccncc3)C(C)=C=C2)c1. The molecule has 0 unspecified atom stereocenters. The molecule has 2 aromatic rings.